The minimum absolute atomic E-state index is 0.0375. The lowest BCUT2D eigenvalue weighted by atomic mass is 9.88. The highest BCUT2D eigenvalue weighted by molar-refractivity contribution is 7.45. The molecule has 0 aliphatic carbocycles. The zero-order chi connectivity index (χ0) is 15.5. The number of ketones is 1. The van der Waals surface area contributed by atoms with E-state index in [0.29, 0.717) is 0 Å². The molecule has 0 fully saturated rings. The van der Waals surface area contributed by atoms with Crippen molar-refractivity contribution in [1.82, 2.24) is 0 Å². The van der Waals surface area contributed by atoms with Gasteiger partial charge in [-0.25, -0.2) is 0 Å². The summed E-state index contributed by atoms with van der Waals surface area (Å²) >= 11 is 0. The van der Waals surface area contributed by atoms with E-state index in [9.17, 15) is 14.3 Å². The first-order valence-electron chi connectivity index (χ1n) is 6.43. The minimum Gasteiger partial charge on any atom is -0.756 e. The lowest BCUT2D eigenvalue weighted by Crippen LogP contribution is -2.38. The third kappa shape index (κ3) is 7.83. The number of carbonyl (C=O) groups is 1. The van der Waals surface area contributed by atoms with Crippen LogP contribution in [0, 0.1) is 11.3 Å². The summed E-state index contributed by atoms with van der Waals surface area (Å²) in [6, 6.07) is 0. The van der Waals surface area contributed by atoms with E-state index < -0.39 is 13.4 Å². The van der Waals surface area contributed by atoms with Crippen molar-refractivity contribution in [2.24, 2.45) is 11.3 Å². The summed E-state index contributed by atoms with van der Waals surface area (Å²) in [6.07, 6.45) is 0.0375. The molecule has 2 atom stereocenters. The van der Waals surface area contributed by atoms with Gasteiger partial charge in [0.15, 0.2) is 0 Å². The first-order chi connectivity index (χ1) is 8.27. The van der Waals surface area contributed by atoms with E-state index in [-0.39, 0.29) is 30.1 Å². The molecule has 0 saturated heterocycles. The van der Waals surface area contributed by atoms with Gasteiger partial charge in [-0.2, -0.15) is 0 Å². The Hall–Kier alpha value is -0.220. The largest absolute Gasteiger partial charge is 0.756 e. The first kappa shape index (κ1) is 18.8. The van der Waals surface area contributed by atoms with Crippen LogP contribution in [0.15, 0.2) is 0 Å². The summed E-state index contributed by atoms with van der Waals surface area (Å²) in [5.74, 6) is -0.246. The van der Waals surface area contributed by atoms with Gasteiger partial charge in [0, 0.05) is 6.42 Å². The maximum absolute atomic E-state index is 11.9. The van der Waals surface area contributed by atoms with Gasteiger partial charge < -0.3 is 13.9 Å². The normalized spacial score (nSPS) is 19.0. The second-order valence-corrected chi connectivity index (χ2v) is 8.05. The molecule has 0 aliphatic heterocycles. The van der Waals surface area contributed by atoms with Crippen LogP contribution in [0.3, 0.4) is 0 Å². The fourth-order valence-electron chi connectivity index (χ4n) is 1.39. The highest BCUT2D eigenvalue weighted by atomic mass is 31.2. The van der Waals surface area contributed by atoms with Crippen molar-refractivity contribution < 1.29 is 23.3 Å². The molecule has 0 aromatic heterocycles. The van der Waals surface area contributed by atoms with Crippen LogP contribution in [0.25, 0.3) is 0 Å². The van der Waals surface area contributed by atoms with E-state index >= 15 is 0 Å². The van der Waals surface area contributed by atoms with Crippen LogP contribution in [0.5, 0.6) is 0 Å². The van der Waals surface area contributed by atoms with Crippen molar-refractivity contribution in [1.29, 1.82) is 0 Å². The highest BCUT2D eigenvalue weighted by Gasteiger charge is 2.35. The molecule has 0 heterocycles. The molecule has 19 heavy (non-hydrogen) atoms. The molecule has 0 saturated carbocycles. The van der Waals surface area contributed by atoms with E-state index in [1.807, 2.05) is 34.6 Å². The minimum atomic E-state index is -4.42. The fraction of sp³-hybridized carbons (Fsp3) is 0.923. The molecule has 114 valence electrons. The Morgan fingerprint density at radius 2 is 1.74 bits per heavy atom. The van der Waals surface area contributed by atoms with Gasteiger partial charge in [-0.3, -0.25) is 9.36 Å². The van der Waals surface area contributed by atoms with Crippen LogP contribution in [0.2, 0.25) is 0 Å². The van der Waals surface area contributed by atoms with E-state index in [4.69, 9.17) is 9.05 Å². The van der Waals surface area contributed by atoms with Gasteiger partial charge in [-0.15, -0.1) is 0 Å². The summed E-state index contributed by atoms with van der Waals surface area (Å²) in [5, 5.41) is 0. The van der Waals surface area contributed by atoms with Crippen LogP contribution in [-0.4, -0.2) is 18.0 Å². The number of phosphoric acid groups is 1. The van der Waals surface area contributed by atoms with Crippen molar-refractivity contribution in [2.75, 3.05) is 6.61 Å². The molecule has 0 radical (unpaired) electrons. The van der Waals surface area contributed by atoms with Crippen LogP contribution in [0.1, 0.15) is 54.9 Å². The van der Waals surface area contributed by atoms with Gasteiger partial charge >= 0.3 is 0 Å². The van der Waals surface area contributed by atoms with Gasteiger partial charge in [0.2, 0.25) is 0 Å². The van der Waals surface area contributed by atoms with Gasteiger partial charge in [-0.05, 0) is 25.2 Å². The molecule has 5 nitrogen and oxygen atoms in total. The molecule has 0 N–H and O–H groups in total. The maximum atomic E-state index is 11.9. The first-order valence-corrected chi connectivity index (χ1v) is 7.89. The fourth-order valence-corrected chi connectivity index (χ4v) is 2.77. The SMILES string of the molecule is CC(=O)CC(C)(OP(=O)([O-])OCC(C)(C)C)C(C)C. The second kappa shape index (κ2) is 6.49. The average Bonchev–Trinajstić information content (AvgIpc) is 2.11. The van der Waals surface area contributed by atoms with Crippen LogP contribution >= 0.6 is 7.82 Å². The molecule has 0 rings (SSSR count). The van der Waals surface area contributed by atoms with Gasteiger partial charge in [0.05, 0.1) is 12.2 Å². The maximum Gasteiger partial charge on any atom is 0.268 e. The van der Waals surface area contributed by atoms with Crippen molar-refractivity contribution in [3.8, 4) is 0 Å². The zero-order valence-electron chi connectivity index (χ0n) is 13.0. The number of phosphoric ester groups is 1. The molecule has 0 aromatic rings. The van der Waals surface area contributed by atoms with Gasteiger partial charge in [0.1, 0.15) is 5.78 Å². The summed E-state index contributed by atoms with van der Waals surface area (Å²) in [7, 11) is -4.42. The Kier molecular flexibility index (Phi) is 6.41. The van der Waals surface area contributed by atoms with Crippen molar-refractivity contribution in [3.63, 3.8) is 0 Å². The molecule has 0 aliphatic rings. The molecule has 2 unspecified atom stereocenters. The van der Waals surface area contributed by atoms with Crippen LogP contribution < -0.4 is 4.89 Å². The molecular weight excluding hydrogens is 267 g/mol. The van der Waals surface area contributed by atoms with E-state index in [2.05, 4.69) is 0 Å². The molecule has 0 spiro atoms. The smallest absolute Gasteiger partial charge is 0.268 e. The topological polar surface area (TPSA) is 75.7 Å². The summed E-state index contributed by atoms with van der Waals surface area (Å²) in [6.45, 7) is 12.3. The van der Waals surface area contributed by atoms with E-state index in [0.717, 1.165) is 0 Å². The third-order valence-electron chi connectivity index (χ3n) is 2.80. The number of rotatable bonds is 7. The Balaban J connectivity index is 4.84. The predicted octanol–water partition coefficient (Wildman–Crippen LogP) is 2.93. The molecular formula is C13H26O5P-. The molecule has 6 heteroatoms. The second-order valence-electron chi connectivity index (χ2n) is 6.72. The lowest BCUT2D eigenvalue weighted by Gasteiger charge is -2.39. The van der Waals surface area contributed by atoms with Crippen molar-refractivity contribution >= 4 is 13.6 Å². The van der Waals surface area contributed by atoms with Gasteiger partial charge in [-0.1, -0.05) is 34.6 Å². The predicted molar refractivity (Wildman–Crippen MR) is 72.6 cm³/mol. The summed E-state index contributed by atoms with van der Waals surface area (Å²) in [5.41, 5.74) is -1.35. The number of hydrogen-bond acceptors (Lipinski definition) is 5. The van der Waals surface area contributed by atoms with Crippen molar-refractivity contribution in [3.05, 3.63) is 0 Å². The molecule has 0 amide bonds. The van der Waals surface area contributed by atoms with E-state index in [1.165, 1.54) is 6.92 Å². The molecule has 0 aromatic carbocycles. The molecule has 0 bridgehead atoms. The number of Topliss-reactive ketones (excluding diaryl/α,β-unsaturated/α-hetero) is 1. The summed E-state index contributed by atoms with van der Waals surface area (Å²) in [4.78, 5) is 23.1. The number of hydrogen-bond donors (Lipinski definition) is 0. The van der Waals surface area contributed by atoms with Crippen LogP contribution in [0.4, 0.5) is 0 Å². The third-order valence-corrected chi connectivity index (χ3v) is 3.88. The lowest BCUT2D eigenvalue weighted by molar-refractivity contribution is -0.240. The van der Waals surface area contributed by atoms with Gasteiger partial charge in [0.25, 0.3) is 7.82 Å². The number of carbonyl (C=O) groups excluding carboxylic acids is 1. The summed E-state index contributed by atoms with van der Waals surface area (Å²) < 4.78 is 21.9. The Morgan fingerprint density at radius 3 is 2.05 bits per heavy atom. The zero-order valence-corrected chi connectivity index (χ0v) is 13.9. The standard InChI is InChI=1S/C13H27O5P/c1-10(2)13(7,8-11(3)14)18-19(15,16)17-9-12(4,5)6/h10H,8-9H2,1-7H3,(H,15,16)/p-1. The Morgan fingerprint density at radius 1 is 1.26 bits per heavy atom. The average molecular weight is 293 g/mol. The van der Waals surface area contributed by atoms with Crippen molar-refractivity contribution in [2.45, 2.75) is 60.5 Å². The Labute approximate surface area is 116 Å². The quantitative estimate of drug-likeness (QED) is 0.674. The van der Waals surface area contributed by atoms with Crippen LogP contribution in [-0.2, 0) is 18.4 Å². The monoisotopic (exact) mass is 293 g/mol. The van der Waals surface area contributed by atoms with E-state index in [1.54, 1.807) is 6.92 Å². The highest BCUT2D eigenvalue weighted by Crippen LogP contribution is 2.47. The Bertz CT molecular complexity index is 359.